The molecule has 1 aromatic rings. The second-order valence-electron chi connectivity index (χ2n) is 12.4. The monoisotopic (exact) mass is 637 g/mol. The van der Waals surface area contributed by atoms with Crippen molar-refractivity contribution in [3.8, 4) is 5.75 Å². The summed E-state index contributed by atoms with van der Waals surface area (Å²) >= 11 is 0. The van der Waals surface area contributed by atoms with Crippen LogP contribution in [0.25, 0.3) is 0 Å². The van der Waals surface area contributed by atoms with Gasteiger partial charge in [0.15, 0.2) is 0 Å². The van der Waals surface area contributed by atoms with Gasteiger partial charge in [-0.25, -0.2) is 0 Å². The minimum absolute atomic E-state index is 0.00577. The predicted molar refractivity (Wildman–Crippen MR) is 186 cm³/mol. The van der Waals surface area contributed by atoms with Crippen molar-refractivity contribution in [3.05, 3.63) is 66.2 Å². The Hall–Kier alpha value is -3.39. The normalized spacial score (nSPS) is 19.9. The first-order valence-corrected chi connectivity index (χ1v) is 17.3. The summed E-state index contributed by atoms with van der Waals surface area (Å²) in [6, 6.07) is 6.33. The van der Waals surface area contributed by atoms with Gasteiger partial charge in [0.05, 0.1) is 25.0 Å². The molecule has 4 rings (SSSR count). The minimum atomic E-state index is 0.00577. The highest BCUT2D eigenvalue weighted by atomic mass is 16.5. The highest BCUT2D eigenvalue weighted by Crippen LogP contribution is 2.32. The van der Waals surface area contributed by atoms with E-state index in [4.69, 9.17) is 14.3 Å². The molecule has 1 saturated carbocycles. The van der Waals surface area contributed by atoms with Crippen molar-refractivity contribution in [2.45, 2.75) is 110 Å². The fraction of sp³-hybridized carbons (Fsp3) is 0.605. The van der Waals surface area contributed by atoms with Crippen molar-refractivity contribution in [2.75, 3.05) is 26.7 Å². The molecule has 2 aliphatic heterocycles. The van der Waals surface area contributed by atoms with Crippen molar-refractivity contribution in [1.82, 2.24) is 15.5 Å². The maximum atomic E-state index is 13.1. The molecular formula is C38H59N3O5. The van der Waals surface area contributed by atoms with Crippen LogP contribution in [0, 0.1) is 11.8 Å². The van der Waals surface area contributed by atoms with Crippen LogP contribution in [-0.4, -0.2) is 56.3 Å². The van der Waals surface area contributed by atoms with Gasteiger partial charge in [0, 0.05) is 26.1 Å². The number of allylic oxidation sites excluding steroid dienone is 1. The van der Waals surface area contributed by atoms with Crippen LogP contribution < -0.4 is 15.4 Å². The summed E-state index contributed by atoms with van der Waals surface area (Å²) < 4.78 is 11.8. The molecule has 1 saturated heterocycles. The number of aryl methyl sites for hydroxylation is 1. The molecule has 2 fully saturated rings. The van der Waals surface area contributed by atoms with Crippen LogP contribution in [0.3, 0.4) is 0 Å². The topological polar surface area (TPSA) is 97.0 Å². The molecule has 256 valence electrons. The Kier molecular flexibility index (Phi) is 18.7. The Morgan fingerprint density at radius 1 is 1.02 bits per heavy atom. The number of hydrogen-bond donors (Lipinski definition) is 2. The molecule has 3 aliphatic rings. The molecule has 46 heavy (non-hydrogen) atoms. The number of likely N-dealkylation sites (tertiary alicyclic amines) is 1. The number of carbonyl (C=O) groups excluding carboxylic acids is 3. The Bertz CT molecular complexity index is 1130. The molecule has 2 heterocycles. The van der Waals surface area contributed by atoms with E-state index in [0.717, 1.165) is 68.3 Å². The highest BCUT2D eigenvalue weighted by molar-refractivity contribution is 5.93. The number of carbonyl (C=O) groups is 3. The van der Waals surface area contributed by atoms with Crippen molar-refractivity contribution in [3.63, 3.8) is 0 Å². The Labute approximate surface area is 278 Å². The highest BCUT2D eigenvalue weighted by Gasteiger charge is 2.31. The molecule has 1 unspecified atom stereocenters. The molecule has 0 aromatic heterocycles. The average molecular weight is 638 g/mol. The summed E-state index contributed by atoms with van der Waals surface area (Å²) in [5.74, 6) is 2.87. The van der Waals surface area contributed by atoms with Crippen molar-refractivity contribution in [1.29, 1.82) is 0 Å². The van der Waals surface area contributed by atoms with Crippen molar-refractivity contribution in [2.24, 2.45) is 11.8 Å². The van der Waals surface area contributed by atoms with Crippen molar-refractivity contribution >= 4 is 18.6 Å². The van der Waals surface area contributed by atoms with Crippen LogP contribution >= 0.6 is 0 Å². The number of unbranched alkanes of at least 4 members (excludes halogenated alkanes) is 1. The molecule has 0 radical (unpaired) electrons. The summed E-state index contributed by atoms with van der Waals surface area (Å²) in [4.78, 5) is 35.7. The summed E-state index contributed by atoms with van der Waals surface area (Å²) in [6.45, 7) is 15.2. The smallest absolute Gasteiger partial charge is 0.250 e. The molecular weight excluding hydrogens is 578 g/mol. The van der Waals surface area contributed by atoms with Gasteiger partial charge in [0.25, 0.3) is 5.91 Å². The Balaban J connectivity index is 0.00000177. The zero-order valence-electron chi connectivity index (χ0n) is 28.7. The second kappa shape index (κ2) is 22.2. The fourth-order valence-electron chi connectivity index (χ4n) is 6.76. The lowest BCUT2D eigenvalue weighted by atomic mass is 9.86. The van der Waals surface area contributed by atoms with Crippen LogP contribution in [-0.2, 0) is 32.1 Å². The zero-order valence-corrected chi connectivity index (χ0v) is 28.7. The molecule has 8 heteroatoms. The van der Waals surface area contributed by atoms with Crippen LogP contribution in [0.1, 0.15) is 102 Å². The lowest BCUT2D eigenvalue weighted by Crippen LogP contribution is -2.31. The van der Waals surface area contributed by atoms with Gasteiger partial charge in [-0.15, -0.1) is 13.2 Å². The molecule has 0 spiro atoms. The number of ether oxygens (including phenoxy) is 2. The van der Waals surface area contributed by atoms with E-state index in [0.29, 0.717) is 19.4 Å². The number of methoxy groups -OCH3 is 1. The zero-order chi connectivity index (χ0) is 33.7. The number of amides is 2. The molecule has 8 nitrogen and oxygen atoms in total. The molecule has 0 bridgehead atoms. The Morgan fingerprint density at radius 3 is 2.50 bits per heavy atom. The number of hydrogen-bond acceptors (Lipinski definition) is 6. The van der Waals surface area contributed by atoms with Gasteiger partial charge in [-0.3, -0.25) is 14.5 Å². The molecule has 1 aromatic carbocycles. The second-order valence-corrected chi connectivity index (χ2v) is 12.4. The van der Waals surface area contributed by atoms with E-state index in [1.54, 1.807) is 13.4 Å². The quantitative estimate of drug-likeness (QED) is 0.168. The maximum absolute atomic E-state index is 13.1. The molecule has 2 atom stereocenters. The summed E-state index contributed by atoms with van der Waals surface area (Å²) in [5.41, 5.74) is 3.10. The molecule has 1 aliphatic carbocycles. The van der Waals surface area contributed by atoms with E-state index in [1.807, 2.05) is 19.8 Å². The lowest BCUT2D eigenvalue weighted by Gasteiger charge is -2.27. The van der Waals surface area contributed by atoms with E-state index in [9.17, 15) is 9.59 Å². The third-order valence-electron chi connectivity index (χ3n) is 9.31. The van der Waals surface area contributed by atoms with Crippen LogP contribution in [0.15, 0.2) is 55.0 Å². The number of nitrogens with one attached hydrogen (secondary N) is 2. The van der Waals surface area contributed by atoms with Gasteiger partial charge in [0.2, 0.25) is 5.91 Å². The third-order valence-corrected chi connectivity index (χ3v) is 9.31. The van der Waals surface area contributed by atoms with E-state index in [1.165, 1.54) is 56.1 Å². The lowest BCUT2D eigenvalue weighted by molar-refractivity contribution is -0.121. The SMILES string of the molecule is C=C.C=O.CCNC(=O)CCc1ccc(OC)cc1CN1CCC[C@H]1C1=CCC(C)C(C(=O)NCCCCC2CCCCC2)=CO1. The maximum Gasteiger partial charge on any atom is 0.250 e. The van der Waals surface area contributed by atoms with E-state index < -0.39 is 0 Å². The van der Waals surface area contributed by atoms with E-state index in [-0.39, 0.29) is 23.8 Å². The summed E-state index contributed by atoms with van der Waals surface area (Å²) in [7, 11) is 1.69. The van der Waals surface area contributed by atoms with Gasteiger partial charge in [-0.1, -0.05) is 57.9 Å². The van der Waals surface area contributed by atoms with Crippen LogP contribution in [0.4, 0.5) is 0 Å². The van der Waals surface area contributed by atoms with Gasteiger partial charge in [-0.05, 0) is 86.7 Å². The predicted octanol–water partition coefficient (Wildman–Crippen LogP) is 7.04. The molecule has 2 amide bonds. The first-order valence-electron chi connectivity index (χ1n) is 17.3. The third kappa shape index (κ3) is 12.4. The molecule has 2 N–H and O–H groups in total. The van der Waals surface area contributed by atoms with Gasteiger partial charge >= 0.3 is 0 Å². The number of rotatable bonds is 14. The number of nitrogens with zero attached hydrogens (tertiary/aromatic N) is 1. The fourth-order valence-corrected chi connectivity index (χ4v) is 6.76. The van der Waals surface area contributed by atoms with Crippen LogP contribution in [0.2, 0.25) is 0 Å². The van der Waals surface area contributed by atoms with E-state index >= 15 is 0 Å². The first-order chi connectivity index (χ1) is 22.5. The summed E-state index contributed by atoms with van der Waals surface area (Å²) in [5, 5.41) is 6.06. The Morgan fingerprint density at radius 2 is 1.78 bits per heavy atom. The number of benzene rings is 1. The van der Waals surface area contributed by atoms with Gasteiger partial charge < -0.3 is 24.9 Å². The summed E-state index contributed by atoms with van der Waals surface area (Å²) in [6.07, 6.45) is 18.5. The first kappa shape index (κ1) is 38.8. The standard InChI is InChI=1S/C35H53N3O4.C2H4.CH2O/c1-4-36-34(39)20-17-28-16-18-30(41-3)23-29(28)24-38-22-10-14-32(38)33-19-15-26(2)31(25-42-33)35(40)37-21-9-8-13-27-11-6-5-7-12-27;2*1-2/h16,18-19,23,25-27,32H,4-15,17,20-22,24H2,1-3H3,(H,36,39)(H,37,40);1-2H2;1H2/t26?,32-;;/m0../s1. The van der Waals surface area contributed by atoms with Gasteiger partial charge in [0.1, 0.15) is 18.3 Å². The van der Waals surface area contributed by atoms with Gasteiger partial charge in [-0.2, -0.15) is 0 Å². The van der Waals surface area contributed by atoms with Crippen molar-refractivity contribution < 1.29 is 23.9 Å². The van der Waals surface area contributed by atoms with Crippen LogP contribution in [0.5, 0.6) is 5.75 Å². The van der Waals surface area contributed by atoms with E-state index in [2.05, 4.69) is 53.8 Å². The minimum Gasteiger partial charge on any atom is -0.497 e. The average Bonchev–Trinajstić information content (AvgIpc) is 3.46. The largest absolute Gasteiger partial charge is 0.497 e.